The molecule has 0 atom stereocenters. The van der Waals surface area contributed by atoms with Crippen molar-refractivity contribution in [2.75, 3.05) is 7.11 Å². The number of hydrogen-bond acceptors (Lipinski definition) is 5. The maximum Gasteiger partial charge on any atom is 0.270 e. The number of carbonyl (C=O) groups is 1. The van der Waals surface area contributed by atoms with Gasteiger partial charge < -0.3 is 9.84 Å². The van der Waals surface area contributed by atoms with E-state index in [4.69, 9.17) is 4.74 Å². The normalized spacial score (nSPS) is 11.0. The zero-order valence-electron chi connectivity index (χ0n) is 11.7. The summed E-state index contributed by atoms with van der Waals surface area (Å²) < 4.78 is 4.99. The third-order valence-corrected chi connectivity index (χ3v) is 3.00. The summed E-state index contributed by atoms with van der Waals surface area (Å²) in [6, 6.07) is 11.8. The number of allylic oxidation sites excluding steroid dienone is 1. The summed E-state index contributed by atoms with van der Waals surface area (Å²) in [7, 11) is 1.52. The molecule has 0 aliphatic heterocycles. The number of ketones is 1. The van der Waals surface area contributed by atoms with Crippen LogP contribution in [-0.2, 0) is 0 Å². The third kappa shape index (κ3) is 3.49. The molecule has 0 unspecified atom stereocenters. The zero-order valence-corrected chi connectivity index (χ0v) is 11.7. The first kappa shape index (κ1) is 15.2. The number of aliphatic hydroxyl groups is 1. The van der Waals surface area contributed by atoms with Gasteiger partial charge in [0.05, 0.1) is 12.0 Å². The number of methoxy groups -OCH3 is 1. The number of nitro groups is 1. The molecule has 0 bridgehead atoms. The van der Waals surface area contributed by atoms with Gasteiger partial charge in [-0.05, 0) is 24.3 Å². The van der Waals surface area contributed by atoms with E-state index in [0.717, 1.165) is 6.08 Å². The standard InChI is InChI=1S/C16H13NO5/c1-22-14-7-5-11(6-8-14)15(18)10-16(19)12-3-2-4-13(9-12)17(20)21/h2-10,19H,1H3/b16-10-. The molecular weight excluding hydrogens is 286 g/mol. The van der Waals surface area contributed by atoms with Gasteiger partial charge in [-0.1, -0.05) is 12.1 Å². The van der Waals surface area contributed by atoms with Crippen LogP contribution in [0.2, 0.25) is 0 Å². The first-order chi connectivity index (χ1) is 10.5. The molecule has 0 aliphatic rings. The number of hydrogen-bond donors (Lipinski definition) is 1. The van der Waals surface area contributed by atoms with Gasteiger partial charge in [0.1, 0.15) is 11.5 Å². The number of nitrogens with zero attached hydrogens (tertiary/aromatic N) is 1. The van der Waals surface area contributed by atoms with Crippen LogP contribution in [0.1, 0.15) is 15.9 Å². The molecule has 0 saturated heterocycles. The van der Waals surface area contributed by atoms with Gasteiger partial charge in [-0.15, -0.1) is 0 Å². The van der Waals surface area contributed by atoms with Crippen molar-refractivity contribution in [2.24, 2.45) is 0 Å². The van der Waals surface area contributed by atoms with Crippen LogP contribution < -0.4 is 4.74 Å². The predicted octanol–water partition coefficient (Wildman–Crippen LogP) is 3.39. The number of rotatable bonds is 5. The van der Waals surface area contributed by atoms with Crippen molar-refractivity contribution in [3.05, 3.63) is 75.8 Å². The summed E-state index contributed by atoms with van der Waals surface area (Å²) in [5.74, 6) is -0.125. The average molecular weight is 299 g/mol. The van der Waals surface area contributed by atoms with Gasteiger partial charge in [0.15, 0.2) is 5.78 Å². The molecule has 2 aromatic carbocycles. The minimum absolute atomic E-state index is 0.158. The van der Waals surface area contributed by atoms with E-state index in [1.54, 1.807) is 24.3 Å². The van der Waals surface area contributed by atoms with Gasteiger partial charge in [-0.2, -0.15) is 0 Å². The zero-order chi connectivity index (χ0) is 16.1. The van der Waals surface area contributed by atoms with Crippen molar-refractivity contribution >= 4 is 17.2 Å². The van der Waals surface area contributed by atoms with Gasteiger partial charge in [-0.25, -0.2) is 0 Å². The summed E-state index contributed by atoms with van der Waals surface area (Å²) >= 11 is 0. The monoisotopic (exact) mass is 299 g/mol. The number of aliphatic hydroxyl groups excluding tert-OH is 1. The first-order valence-corrected chi connectivity index (χ1v) is 6.35. The Morgan fingerprint density at radius 1 is 1.18 bits per heavy atom. The van der Waals surface area contributed by atoms with Crippen LogP contribution >= 0.6 is 0 Å². The third-order valence-electron chi connectivity index (χ3n) is 3.00. The molecule has 2 rings (SSSR count). The highest BCUT2D eigenvalue weighted by atomic mass is 16.6. The van der Waals surface area contributed by atoms with Gasteiger partial charge >= 0.3 is 0 Å². The lowest BCUT2D eigenvalue weighted by Gasteiger charge is -2.02. The number of carbonyl (C=O) groups excluding carboxylic acids is 1. The van der Waals surface area contributed by atoms with Crippen LogP contribution in [0.25, 0.3) is 5.76 Å². The topological polar surface area (TPSA) is 89.7 Å². The molecule has 0 aromatic heterocycles. The van der Waals surface area contributed by atoms with Crippen LogP contribution in [0.3, 0.4) is 0 Å². The van der Waals surface area contributed by atoms with Crippen LogP contribution in [0.15, 0.2) is 54.6 Å². The smallest absolute Gasteiger partial charge is 0.270 e. The van der Waals surface area contributed by atoms with E-state index in [1.807, 2.05) is 0 Å². The maximum atomic E-state index is 12.0. The van der Waals surface area contributed by atoms with E-state index in [9.17, 15) is 20.0 Å². The summed E-state index contributed by atoms with van der Waals surface area (Å²) in [6.07, 6.45) is 1.03. The van der Waals surface area contributed by atoms with Crippen molar-refractivity contribution in [3.63, 3.8) is 0 Å². The fraction of sp³-hybridized carbons (Fsp3) is 0.0625. The van der Waals surface area contributed by atoms with Gasteiger partial charge in [-0.3, -0.25) is 14.9 Å². The lowest BCUT2D eigenvalue weighted by atomic mass is 10.1. The van der Waals surface area contributed by atoms with Crippen LogP contribution in [-0.4, -0.2) is 22.9 Å². The lowest BCUT2D eigenvalue weighted by Crippen LogP contribution is -1.97. The van der Waals surface area contributed by atoms with Gasteiger partial charge in [0.25, 0.3) is 5.69 Å². The van der Waals surface area contributed by atoms with E-state index in [2.05, 4.69) is 0 Å². The summed E-state index contributed by atoms with van der Waals surface area (Å²) in [4.78, 5) is 22.2. The van der Waals surface area contributed by atoms with Gasteiger partial charge in [0, 0.05) is 29.3 Å². The SMILES string of the molecule is COc1ccc(C(=O)/C=C(\O)c2cccc([N+](=O)[O-])c2)cc1. The van der Waals surface area contributed by atoms with Crippen molar-refractivity contribution < 1.29 is 19.6 Å². The molecule has 1 N–H and O–H groups in total. The highest BCUT2D eigenvalue weighted by molar-refractivity contribution is 6.07. The van der Waals surface area contributed by atoms with E-state index in [0.29, 0.717) is 11.3 Å². The number of ether oxygens (including phenoxy) is 1. The summed E-state index contributed by atoms with van der Waals surface area (Å²) in [5.41, 5.74) is 0.420. The second kappa shape index (κ2) is 6.53. The second-order valence-corrected chi connectivity index (χ2v) is 4.43. The van der Waals surface area contributed by atoms with Crippen molar-refractivity contribution in [1.82, 2.24) is 0 Å². The first-order valence-electron chi connectivity index (χ1n) is 6.35. The Kier molecular flexibility index (Phi) is 4.53. The Labute approximate surface area is 126 Å². The number of benzene rings is 2. The van der Waals surface area contributed by atoms with Crippen LogP contribution in [0.4, 0.5) is 5.69 Å². The van der Waals surface area contributed by atoms with Crippen molar-refractivity contribution in [2.45, 2.75) is 0 Å². The van der Waals surface area contributed by atoms with E-state index < -0.39 is 10.7 Å². The molecule has 0 heterocycles. The highest BCUT2D eigenvalue weighted by Gasteiger charge is 2.10. The van der Waals surface area contributed by atoms with E-state index >= 15 is 0 Å². The van der Waals surface area contributed by atoms with Crippen molar-refractivity contribution in [1.29, 1.82) is 0 Å². The average Bonchev–Trinajstić information content (AvgIpc) is 2.54. The number of nitro benzene ring substituents is 1. The molecule has 22 heavy (non-hydrogen) atoms. The lowest BCUT2D eigenvalue weighted by molar-refractivity contribution is -0.384. The molecule has 2 aromatic rings. The van der Waals surface area contributed by atoms with Crippen LogP contribution in [0, 0.1) is 10.1 Å². The molecule has 112 valence electrons. The molecular formula is C16H13NO5. The quantitative estimate of drug-likeness (QED) is 0.300. The largest absolute Gasteiger partial charge is 0.507 e. The van der Waals surface area contributed by atoms with E-state index in [1.165, 1.54) is 31.4 Å². The Hall–Kier alpha value is -3.15. The predicted molar refractivity (Wildman–Crippen MR) is 81.0 cm³/mol. The minimum atomic E-state index is -0.567. The molecule has 6 heteroatoms. The molecule has 0 fully saturated rings. The second-order valence-electron chi connectivity index (χ2n) is 4.43. The van der Waals surface area contributed by atoms with Gasteiger partial charge in [0.2, 0.25) is 0 Å². The Morgan fingerprint density at radius 3 is 2.45 bits per heavy atom. The molecule has 0 radical (unpaired) electrons. The van der Waals surface area contributed by atoms with Crippen LogP contribution in [0.5, 0.6) is 5.75 Å². The maximum absolute atomic E-state index is 12.0. The molecule has 0 amide bonds. The highest BCUT2D eigenvalue weighted by Crippen LogP contribution is 2.19. The van der Waals surface area contributed by atoms with Crippen molar-refractivity contribution in [3.8, 4) is 5.75 Å². The summed E-state index contributed by atoms with van der Waals surface area (Å²) in [6.45, 7) is 0. The summed E-state index contributed by atoms with van der Waals surface area (Å²) in [5, 5.41) is 20.7. The van der Waals surface area contributed by atoms with E-state index in [-0.39, 0.29) is 17.0 Å². The minimum Gasteiger partial charge on any atom is -0.507 e. The Bertz CT molecular complexity index is 734. The Morgan fingerprint density at radius 2 is 1.86 bits per heavy atom. The fourth-order valence-corrected chi connectivity index (χ4v) is 1.82. The molecule has 0 saturated carbocycles. The molecule has 6 nitrogen and oxygen atoms in total. The number of non-ortho nitro benzene ring substituents is 1. The Balaban J connectivity index is 2.25. The fourth-order valence-electron chi connectivity index (χ4n) is 1.82. The molecule has 0 aliphatic carbocycles. The molecule has 0 spiro atoms.